The molecule has 0 aliphatic carbocycles. The third-order valence-corrected chi connectivity index (χ3v) is 6.08. The summed E-state index contributed by atoms with van der Waals surface area (Å²) in [6.07, 6.45) is 3.28. The van der Waals surface area contributed by atoms with Crippen LogP contribution < -0.4 is 0 Å². The number of hydrogen-bond donors (Lipinski definition) is 0. The van der Waals surface area contributed by atoms with Crippen LogP contribution in [0, 0.1) is 5.92 Å². The molecule has 24 heavy (non-hydrogen) atoms. The molecule has 4 rings (SSSR count). The second-order valence-electron chi connectivity index (χ2n) is 6.89. The highest BCUT2D eigenvalue weighted by atomic mass is 32.1. The molecule has 0 spiro atoms. The maximum atomic E-state index is 13.1. The van der Waals surface area contributed by atoms with Crippen LogP contribution in [-0.2, 0) is 11.3 Å². The lowest BCUT2D eigenvalue weighted by molar-refractivity contribution is -0.135. The Morgan fingerprint density at radius 1 is 1.38 bits per heavy atom. The first-order chi connectivity index (χ1) is 11.7. The van der Waals surface area contributed by atoms with Gasteiger partial charge in [0.05, 0.1) is 23.7 Å². The Kier molecular flexibility index (Phi) is 4.37. The summed E-state index contributed by atoms with van der Waals surface area (Å²) in [5.74, 6) is 0.389. The van der Waals surface area contributed by atoms with E-state index in [1.165, 1.54) is 12.0 Å². The largest absolute Gasteiger partial charge is 0.340 e. The van der Waals surface area contributed by atoms with E-state index in [0.717, 1.165) is 25.1 Å². The van der Waals surface area contributed by atoms with Crippen molar-refractivity contribution in [2.45, 2.75) is 37.9 Å². The summed E-state index contributed by atoms with van der Waals surface area (Å²) in [6.45, 7) is 1.73. The van der Waals surface area contributed by atoms with Gasteiger partial charge in [0.15, 0.2) is 0 Å². The van der Waals surface area contributed by atoms with Crippen molar-refractivity contribution in [3.05, 3.63) is 52.5 Å². The lowest BCUT2D eigenvalue weighted by atomic mass is 9.93. The van der Waals surface area contributed by atoms with Gasteiger partial charge in [0.25, 0.3) is 0 Å². The van der Waals surface area contributed by atoms with Crippen molar-refractivity contribution in [2.75, 3.05) is 13.6 Å². The number of benzene rings is 1. The molecular weight excluding hydrogens is 318 g/mol. The molecule has 0 N–H and O–H groups in total. The molecule has 1 amide bonds. The molecule has 2 saturated heterocycles. The summed E-state index contributed by atoms with van der Waals surface area (Å²) < 4.78 is 0. The van der Waals surface area contributed by atoms with Gasteiger partial charge in [0.1, 0.15) is 0 Å². The lowest BCUT2D eigenvalue weighted by Crippen LogP contribution is -2.38. The lowest BCUT2D eigenvalue weighted by Gasteiger charge is -2.25. The summed E-state index contributed by atoms with van der Waals surface area (Å²) in [5, 5.41) is 2.02. The molecule has 126 valence electrons. The molecule has 1 aromatic carbocycles. The minimum atomic E-state index is 0.112. The number of carbonyl (C=O) groups is 1. The van der Waals surface area contributed by atoms with Crippen molar-refractivity contribution < 1.29 is 4.79 Å². The maximum Gasteiger partial charge on any atom is 0.227 e. The van der Waals surface area contributed by atoms with Gasteiger partial charge < -0.3 is 4.90 Å². The van der Waals surface area contributed by atoms with Crippen LogP contribution in [0.3, 0.4) is 0 Å². The average Bonchev–Trinajstić information content (AvgIpc) is 3.32. The van der Waals surface area contributed by atoms with E-state index in [-0.39, 0.29) is 11.8 Å². The van der Waals surface area contributed by atoms with Gasteiger partial charge in [-0.2, -0.15) is 0 Å². The summed E-state index contributed by atoms with van der Waals surface area (Å²) in [7, 11) is 1.91. The first kappa shape index (κ1) is 15.8. The predicted molar refractivity (Wildman–Crippen MR) is 95.6 cm³/mol. The molecule has 0 saturated carbocycles. The Bertz CT molecular complexity index is 688. The van der Waals surface area contributed by atoms with Crippen LogP contribution in [0.25, 0.3) is 0 Å². The average molecular weight is 341 g/mol. The van der Waals surface area contributed by atoms with Crippen molar-refractivity contribution in [2.24, 2.45) is 5.92 Å². The molecule has 0 unspecified atom stereocenters. The van der Waals surface area contributed by atoms with Crippen molar-refractivity contribution >= 4 is 17.2 Å². The number of aromatic nitrogens is 1. The smallest absolute Gasteiger partial charge is 0.227 e. The number of rotatable bonds is 4. The minimum Gasteiger partial charge on any atom is -0.340 e. The number of hydrogen-bond acceptors (Lipinski definition) is 4. The van der Waals surface area contributed by atoms with E-state index >= 15 is 0 Å². The molecule has 0 radical (unpaired) electrons. The fourth-order valence-corrected chi connectivity index (χ4v) is 4.90. The molecule has 2 aliphatic heterocycles. The van der Waals surface area contributed by atoms with E-state index < -0.39 is 0 Å². The number of carbonyl (C=O) groups excluding carboxylic acids is 1. The fourth-order valence-electron chi connectivity index (χ4n) is 4.35. The second kappa shape index (κ2) is 6.65. The third-order valence-electron chi connectivity index (χ3n) is 5.44. The number of fused-ring (bicyclic) bond motifs is 1. The zero-order valence-corrected chi connectivity index (χ0v) is 14.8. The molecule has 2 aliphatic rings. The van der Waals surface area contributed by atoms with Crippen LogP contribution in [0.15, 0.2) is 41.2 Å². The highest BCUT2D eigenvalue weighted by Gasteiger charge is 2.47. The molecule has 2 aromatic rings. The van der Waals surface area contributed by atoms with Gasteiger partial charge in [0.2, 0.25) is 5.91 Å². The summed E-state index contributed by atoms with van der Waals surface area (Å²) in [4.78, 5) is 21.8. The quantitative estimate of drug-likeness (QED) is 0.856. The molecule has 3 atom stereocenters. The first-order valence-corrected chi connectivity index (χ1v) is 9.61. The van der Waals surface area contributed by atoms with Crippen LogP contribution in [0.5, 0.6) is 0 Å². The first-order valence-electron chi connectivity index (χ1n) is 8.67. The van der Waals surface area contributed by atoms with Crippen molar-refractivity contribution in [1.29, 1.82) is 0 Å². The van der Waals surface area contributed by atoms with Gasteiger partial charge in [-0.3, -0.25) is 9.69 Å². The summed E-state index contributed by atoms with van der Waals surface area (Å²) >= 11 is 1.58. The number of thiazole rings is 1. The van der Waals surface area contributed by atoms with E-state index in [4.69, 9.17) is 0 Å². The standard InChI is InChI=1S/C19H23N3OS/c1-21(11-15-12-24-13-20-15)19(23)16-10-18(14-6-3-2-4-7-14)22-9-5-8-17(16)22/h2-4,6-7,12-13,16-18H,5,8-11H2,1H3/t16-,17+,18-/m0/s1. The number of nitrogens with zero attached hydrogens (tertiary/aromatic N) is 3. The zero-order valence-electron chi connectivity index (χ0n) is 14.0. The van der Waals surface area contributed by atoms with Gasteiger partial charge >= 0.3 is 0 Å². The van der Waals surface area contributed by atoms with E-state index in [0.29, 0.717) is 18.6 Å². The molecule has 5 heteroatoms. The van der Waals surface area contributed by atoms with Gasteiger partial charge in [-0.1, -0.05) is 30.3 Å². The van der Waals surface area contributed by atoms with Gasteiger partial charge in [0, 0.05) is 24.5 Å². The molecule has 4 nitrogen and oxygen atoms in total. The molecule has 1 aromatic heterocycles. The topological polar surface area (TPSA) is 36.4 Å². The van der Waals surface area contributed by atoms with Crippen LogP contribution in [0.1, 0.15) is 36.6 Å². The Morgan fingerprint density at radius 3 is 2.96 bits per heavy atom. The monoisotopic (exact) mass is 341 g/mol. The Labute approximate surface area is 147 Å². The van der Waals surface area contributed by atoms with E-state index in [1.807, 2.05) is 22.8 Å². The normalized spacial score (nSPS) is 26.5. The fraction of sp³-hybridized carbons (Fsp3) is 0.474. The maximum absolute atomic E-state index is 13.1. The highest BCUT2D eigenvalue weighted by molar-refractivity contribution is 7.07. The SMILES string of the molecule is CN(Cc1cscn1)C(=O)[C@H]1C[C@@H](c2ccccc2)N2CCC[C@H]12. The minimum absolute atomic E-state index is 0.112. The molecule has 0 bridgehead atoms. The van der Waals surface area contributed by atoms with Gasteiger partial charge in [-0.15, -0.1) is 11.3 Å². The van der Waals surface area contributed by atoms with Gasteiger partial charge in [-0.25, -0.2) is 4.98 Å². The predicted octanol–water partition coefficient (Wildman–Crippen LogP) is 3.33. The summed E-state index contributed by atoms with van der Waals surface area (Å²) in [5.41, 5.74) is 4.16. The van der Waals surface area contributed by atoms with Crippen molar-refractivity contribution in [1.82, 2.24) is 14.8 Å². The van der Waals surface area contributed by atoms with Crippen molar-refractivity contribution in [3.8, 4) is 0 Å². The van der Waals surface area contributed by atoms with E-state index in [9.17, 15) is 4.79 Å². The molecule has 2 fully saturated rings. The number of amides is 1. The highest BCUT2D eigenvalue weighted by Crippen LogP contribution is 2.45. The third kappa shape index (κ3) is 2.87. The van der Waals surface area contributed by atoms with Crippen molar-refractivity contribution in [3.63, 3.8) is 0 Å². The van der Waals surface area contributed by atoms with E-state index in [2.05, 4.69) is 40.2 Å². The Hall–Kier alpha value is -1.72. The molecule has 3 heterocycles. The molecular formula is C19H23N3OS. The Balaban J connectivity index is 1.51. The second-order valence-corrected chi connectivity index (χ2v) is 7.61. The van der Waals surface area contributed by atoms with Gasteiger partial charge in [-0.05, 0) is 31.4 Å². The summed E-state index contributed by atoms with van der Waals surface area (Å²) in [6, 6.07) is 11.5. The van der Waals surface area contributed by atoms with Crippen LogP contribution in [-0.4, -0.2) is 40.3 Å². The van der Waals surface area contributed by atoms with E-state index in [1.54, 1.807) is 11.3 Å². The van der Waals surface area contributed by atoms with Crippen LogP contribution in [0.4, 0.5) is 0 Å². The van der Waals surface area contributed by atoms with Crippen LogP contribution >= 0.6 is 11.3 Å². The van der Waals surface area contributed by atoms with Crippen LogP contribution in [0.2, 0.25) is 0 Å². The Morgan fingerprint density at radius 2 is 2.21 bits per heavy atom. The zero-order chi connectivity index (χ0) is 16.5.